The van der Waals surface area contributed by atoms with Crippen LogP contribution in [0.4, 0.5) is 49.9 Å². The highest BCUT2D eigenvalue weighted by molar-refractivity contribution is 5.73. The van der Waals surface area contributed by atoms with Gasteiger partial charge in [-0.3, -0.25) is 9.88 Å². The minimum atomic E-state index is -5.08. The molecule has 22 heteroatoms. The Morgan fingerprint density at radius 3 is 1.71 bits per heavy atom. The zero-order valence-corrected chi connectivity index (χ0v) is 22.6. The molecule has 12 nitrogen and oxygen atoms in total. The molecule has 2 aliphatic heterocycles. The van der Waals surface area contributed by atoms with Gasteiger partial charge in [0.05, 0.1) is 30.7 Å². The Labute approximate surface area is 245 Å². The number of aromatic nitrogens is 3. The second kappa shape index (κ2) is 15.5. The van der Waals surface area contributed by atoms with Crippen LogP contribution in [0.1, 0.15) is 6.42 Å². The van der Waals surface area contributed by atoms with Crippen molar-refractivity contribution in [1.82, 2.24) is 19.9 Å². The number of hydrogen-bond donors (Lipinski definition) is 3. The number of carbonyl (C=O) groups is 3. The predicted molar refractivity (Wildman–Crippen MR) is 128 cm³/mol. The molecule has 2 aromatic heterocycles. The Hall–Kier alpha value is -4.50. The van der Waals surface area contributed by atoms with E-state index in [2.05, 4.69) is 31.8 Å². The van der Waals surface area contributed by atoms with Gasteiger partial charge < -0.3 is 25.0 Å². The van der Waals surface area contributed by atoms with Crippen LogP contribution in [-0.2, 0) is 14.4 Å². The quantitative estimate of drug-likeness (QED) is 0.406. The Kier molecular flexibility index (Phi) is 13.3. The lowest BCUT2D eigenvalue weighted by atomic mass is 9.85. The molecule has 0 bridgehead atoms. The number of alkyl halides is 9. The van der Waals surface area contributed by atoms with E-state index in [0.29, 0.717) is 18.5 Å². The van der Waals surface area contributed by atoms with E-state index >= 15 is 0 Å². The van der Waals surface area contributed by atoms with Crippen molar-refractivity contribution in [3.8, 4) is 5.75 Å². The third kappa shape index (κ3) is 12.9. The van der Waals surface area contributed by atoms with Gasteiger partial charge in [0, 0.05) is 31.7 Å². The Morgan fingerprint density at radius 2 is 1.33 bits per heavy atom. The maximum absolute atomic E-state index is 12.9. The highest BCUT2D eigenvalue weighted by atomic mass is 19.4. The summed E-state index contributed by atoms with van der Waals surface area (Å²) in [6.45, 7) is 3.46. The smallest absolute Gasteiger partial charge is 0.490 e. The number of nitrogens with zero attached hydrogens (tertiary/aromatic N) is 5. The van der Waals surface area contributed by atoms with Crippen molar-refractivity contribution in [1.29, 1.82) is 0 Å². The SMILES string of the molecule is CN1CC(COc2cccnc2)CC12CN(c1ncc(F)cn1)C2.O=C(O)C(F)(F)F.O=C(O)C(F)(F)F.O=C(O)C(F)(F)F. The lowest BCUT2D eigenvalue weighted by Crippen LogP contribution is -2.67. The monoisotopic (exact) mass is 671 g/mol. The van der Waals surface area contributed by atoms with E-state index in [1.54, 1.807) is 12.4 Å². The van der Waals surface area contributed by atoms with Crippen LogP contribution in [0.3, 0.4) is 0 Å². The van der Waals surface area contributed by atoms with Crippen LogP contribution in [0, 0.1) is 11.7 Å². The van der Waals surface area contributed by atoms with Crippen LogP contribution < -0.4 is 9.64 Å². The molecule has 252 valence electrons. The van der Waals surface area contributed by atoms with Crippen molar-refractivity contribution in [3.63, 3.8) is 0 Å². The molecule has 1 unspecified atom stereocenters. The number of rotatable bonds is 4. The largest absolute Gasteiger partial charge is 0.492 e. The summed E-state index contributed by atoms with van der Waals surface area (Å²) in [7, 11) is 2.16. The maximum atomic E-state index is 12.9. The van der Waals surface area contributed by atoms with E-state index in [-0.39, 0.29) is 5.54 Å². The summed E-state index contributed by atoms with van der Waals surface area (Å²) in [5.74, 6) is -6.76. The molecule has 2 aliphatic rings. The first-order valence-electron chi connectivity index (χ1n) is 11.8. The van der Waals surface area contributed by atoms with Crippen LogP contribution in [0.15, 0.2) is 36.9 Å². The standard InChI is InChI=1S/C17H20FN5O.3C2HF3O2/c1-22-9-13(10-24-15-3-2-4-19-8-15)5-17(22)11-23(12-17)16-20-6-14(18)7-21-16;3*3-2(4,5)1(6)7/h2-4,6-8,13H,5,9-12H2,1H3;3*(H,6,7). The topological polar surface area (TPSA) is 166 Å². The molecule has 3 N–H and O–H groups in total. The van der Waals surface area contributed by atoms with Gasteiger partial charge in [0.1, 0.15) is 5.75 Å². The Morgan fingerprint density at radius 1 is 0.889 bits per heavy atom. The minimum Gasteiger partial charge on any atom is -0.492 e. The molecule has 0 radical (unpaired) electrons. The molecule has 2 saturated heterocycles. The third-order valence-electron chi connectivity index (χ3n) is 5.72. The average molecular weight is 671 g/mol. The Balaban J connectivity index is 0.000000396. The van der Waals surface area contributed by atoms with Crippen molar-refractivity contribution >= 4 is 23.9 Å². The van der Waals surface area contributed by atoms with E-state index < -0.39 is 42.3 Å². The van der Waals surface area contributed by atoms with E-state index in [4.69, 9.17) is 34.4 Å². The van der Waals surface area contributed by atoms with Crippen LogP contribution in [0.25, 0.3) is 0 Å². The van der Waals surface area contributed by atoms with E-state index in [1.807, 2.05) is 12.1 Å². The molecule has 2 aromatic rings. The maximum Gasteiger partial charge on any atom is 0.490 e. The van der Waals surface area contributed by atoms with Gasteiger partial charge in [0.15, 0.2) is 5.82 Å². The number of carboxylic acids is 3. The van der Waals surface area contributed by atoms with E-state index in [9.17, 15) is 43.9 Å². The van der Waals surface area contributed by atoms with Crippen LogP contribution in [0.2, 0.25) is 0 Å². The van der Waals surface area contributed by atoms with Gasteiger partial charge >= 0.3 is 36.4 Å². The van der Waals surface area contributed by atoms with Gasteiger partial charge in [0.2, 0.25) is 5.95 Å². The fraction of sp³-hybridized carbons (Fsp3) is 0.478. The molecule has 0 aliphatic carbocycles. The normalized spacial score (nSPS) is 17.3. The highest BCUT2D eigenvalue weighted by Crippen LogP contribution is 2.40. The summed E-state index contributed by atoms with van der Waals surface area (Å²) in [4.78, 5) is 43.4. The molecule has 4 heterocycles. The molecular weight excluding hydrogens is 648 g/mol. The van der Waals surface area contributed by atoms with Gasteiger partial charge in [-0.15, -0.1) is 0 Å². The molecular formula is C23H23F10N5O7. The summed E-state index contributed by atoms with van der Waals surface area (Å²) in [6.07, 6.45) is -8.25. The molecule has 45 heavy (non-hydrogen) atoms. The minimum absolute atomic E-state index is 0.153. The summed E-state index contributed by atoms with van der Waals surface area (Å²) < 4.78 is 114. The number of likely N-dealkylation sites (tertiary alicyclic amines) is 1. The first-order valence-corrected chi connectivity index (χ1v) is 11.8. The van der Waals surface area contributed by atoms with Gasteiger partial charge in [-0.2, -0.15) is 39.5 Å². The fourth-order valence-electron chi connectivity index (χ4n) is 3.74. The molecule has 1 spiro atoms. The van der Waals surface area contributed by atoms with Crippen LogP contribution in [-0.4, -0.2) is 110 Å². The zero-order chi connectivity index (χ0) is 34.8. The molecule has 0 aromatic carbocycles. The summed E-state index contributed by atoms with van der Waals surface area (Å²) in [5.41, 5.74) is 0.153. The second-order valence-corrected chi connectivity index (χ2v) is 9.14. The lowest BCUT2D eigenvalue weighted by Gasteiger charge is -2.51. The number of anilines is 1. The van der Waals surface area contributed by atoms with E-state index in [1.165, 1.54) is 12.4 Å². The molecule has 2 fully saturated rings. The molecule has 4 rings (SSSR count). The average Bonchev–Trinajstić information content (AvgIpc) is 3.23. The lowest BCUT2D eigenvalue weighted by molar-refractivity contribution is -0.193. The van der Waals surface area contributed by atoms with Crippen molar-refractivity contribution in [2.75, 3.05) is 38.2 Å². The predicted octanol–water partition coefficient (Wildman–Crippen LogP) is 3.50. The summed E-state index contributed by atoms with van der Waals surface area (Å²) in [6, 6.07) is 3.81. The first kappa shape index (κ1) is 38.5. The number of pyridine rings is 1. The number of hydrogen-bond acceptors (Lipinski definition) is 9. The van der Waals surface area contributed by atoms with Crippen molar-refractivity contribution in [3.05, 3.63) is 42.7 Å². The van der Waals surface area contributed by atoms with Gasteiger partial charge in [0.25, 0.3) is 0 Å². The second-order valence-electron chi connectivity index (χ2n) is 9.14. The number of ether oxygens (including phenoxy) is 1. The summed E-state index contributed by atoms with van der Waals surface area (Å²) in [5, 5.41) is 21.4. The van der Waals surface area contributed by atoms with Crippen molar-refractivity contribution < 1.29 is 78.3 Å². The van der Waals surface area contributed by atoms with Gasteiger partial charge in [-0.05, 0) is 25.6 Å². The van der Waals surface area contributed by atoms with Crippen LogP contribution >= 0.6 is 0 Å². The third-order valence-corrected chi connectivity index (χ3v) is 5.72. The van der Waals surface area contributed by atoms with Crippen molar-refractivity contribution in [2.24, 2.45) is 5.92 Å². The molecule has 0 amide bonds. The van der Waals surface area contributed by atoms with Gasteiger partial charge in [-0.1, -0.05) is 0 Å². The fourth-order valence-corrected chi connectivity index (χ4v) is 3.74. The zero-order valence-electron chi connectivity index (χ0n) is 22.6. The van der Waals surface area contributed by atoms with Gasteiger partial charge in [-0.25, -0.2) is 28.7 Å². The highest BCUT2D eigenvalue weighted by Gasteiger charge is 2.52. The molecule has 0 saturated carbocycles. The number of likely N-dealkylation sites (N-methyl/N-ethyl adjacent to an activating group) is 1. The summed E-state index contributed by atoms with van der Waals surface area (Å²) >= 11 is 0. The number of halogens is 10. The van der Waals surface area contributed by atoms with Crippen LogP contribution in [0.5, 0.6) is 5.75 Å². The van der Waals surface area contributed by atoms with E-state index in [0.717, 1.165) is 31.8 Å². The molecule has 1 atom stereocenters. The first-order chi connectivity index (χ1) is 20.5. The Bertz CT molecular complexity index is 1200. The van der Waals surface area contributed by atoms with Crippen molar-refractivity contribution in [2.45, 2.75) is 30.5 Å². The number of carboxylic acid groups (broad SMARTS) is 3. The number of aliphatic carboxylic acids is 3.